The van der Waals surface area contributed by atoms with E-state index in [0.717, 1.165) is 39.1 Å². The number of rotatable bonds is 4. The van der Waals surface area contributed by atoms with E-state index in [1.54, 1.807) is 5.48 Å². The molecule has 1 unspecified atom stereocenters. The highest BCUT2D eigenvalue weighted by atomic mass is 32.1. The number of carbonyl (C=O) groups excluding carboxylic acids is 1. The first kappa shape index (κ1) is 16.4. The SMILES string of the molecule is O=C(NO)c1cnc(N2CCC3(CCN(Cc4cccs4)C3)C2)nc1. The highest BCUT2D eigenvalue weighted by Gasteiger charge is 2.44. The van der Waals surface area contributed by atoms with Crippen LogP contribution in [0.2, 0.25) is 0 Å². The molecule has 2 saturated heterocycles. The van der Waals surface area contributed by atoms with Crippen LogP contribution in [0.3, 0.4) is 0 Å². The maximum absolute atomic E-state index is 11.4. The summed E-state index contributed by atoms with van der Waals surface area (Å²) in [5.74, 6) is 0.0625. The van der Waals surface area contributed by atoms with E-state index < -0.39 is 5.91 Å². The lowest BCUT2D eigenvalue weighted by Crippen LogP contribution is -2.31. The van der Waals surface area contributed by atoms with Crippen molar-refractivity contribution in [3.8, 4) is 0 Å². The molecule has 2 fully saturated rings. The van der Waals surface area contributed by atoms with Crippen LogP contribution in [0.5, 0.6) is 0 Å². The Bertz CT molecular complexity index is 736. The van der Waals surface area contributed by atoms with Crippen molar-refractivity contribution in [3.63, 3.8) is 0 Å². The average molecular weight is 359 g/mol. The molecule has 1 amide bonds. The number of aromatic nitrogens is 2. The molecule has 0 bridgehead atoms. The van der Waals surface area contributed by atoms with E-state index in [1.807, 2.05) is 11.3 Å². The van der Waals surface area contributed by atoms with Crippen molar-refractivity contribution in [1.29, 1.82) is 0 Å². The average Bonchev–Trinajstić information content (AvgIpc) is 3.38. The van der Waals surface area contributed by atoms with Crippen LogP contribution >= 0.6 is 11.3 Å². The first-order valence-corrected chi connectivity index (χ1v) is 9.32. The van der Waals surface area contributed by atoms with Gasteiger partial charge >= 0.3 is 0 Å². The minimum absolute atomic E-state index is 0.253. The number of likely N-dealkylation sites (tertiary alicyclic amines) is 1. The molecule has 7 nitrogen and oxygen atoms in total. The summed E-state index contributed by atoms with van der Waals surface area (Å²) < 4.78 is 0. The molecule has 25 heavy (non-hydrogen) atoms. The summed E-state index contributed by atoms with van der Waals surface area (Å²) in [5, 5.41) is 10.8. The number of carbonyl (C=O) groups is 1. The number of nitrogens with zero attached hydrogens (tertiary/aromatic N) is 4. The van der Waals surface area contributed by atoms with Gasteiger partial charge in [0.15, 0.2) is 0 Å². The third-order valence-corrected chi connectivity index (χ3v) is 6.06. The fraction of sp³-hybridized carbons (Fsp3) is 0.471. The predicted molar refractivity (Wildman–Crippen MR) is 94.8 cm³/mol. The number of anilines is 1. The van der Waals surface area contributed by atoms with Gasteiger partial charge in [-0.05, 0) is 30.8 Å². The van der Waals surface area contributed by atoms with Gasteiger partial charge in [0.25, 0.3) is 5.91 Å². The second kappa shape index (κ2) is 6.70. The topological polar surface area (TPSA) is 81.6 Å². The third-order valence-electron chi connectivity index (χ3n) is 5.20. The zero-order valence-electron chi connectivity index (χ0n) is 13.9. The van der Waals surface area contributed by atoms with Crippen molar-refractivity contribution < 1.29 is 10.0 Å². The lowest BCUT2D eigenvalue weighted by atomic mass is 9.86. The monoisotopic (exact) mass is 359 g/mol. The Kier molecular flexibility index (Phi) is 4.41. The van der Waals surface area contributed by atoms with Crippen LogP contribution < -0.4 is 10.4 Å². The van der Waals surface area contributed by atoms with Crippen molar-refractivity contribution in [2.24, 2.45) is 5.41 Å². The lowest BCUT2D eigenvalue weighted by molar-refractivity contribution is 0.0705. The zero-order valence-corrected chi connectivity index (χ0v) is 14.7. The molecule has 1 spiro atoms. The Labute approximate surface area is 150 Å². The molecule has 0 radical (unpaired) electrons. The van der Waals surface area contributed by atoms with Crippen LogP contribution in [-0.2, 0) is 6.54 Å². The van der Waals surface area contributed by atoms with Crippen LogP contribution in [0.15, 0.2) is 29.9 Å². The minimum atomic E-state index is -0.593. The van der Waals surface area contributed by atoms with Gasteiger partial charge in [0.05, 0.1) is 5.56 Å². The molecule has 0 saturated carbocycles. The van der Waals surface area contributed by atoms with Crippen molar-refractivity contribution in [1.82, 2.24) is 20.3 Å². The Morgan fingerprint density at radius 2 is 2.08 bits per heavy atom. The first-order valence-electron chi connectivity index (χ1n) is 8.44. The maximum atomic E-state index is 11.4. The molecule has 4 heterocycles. The zero-order chi connectivity index (χ0) is 17.3. The molecule has 2 aromatic heterocycles. The van der Waals surface area contributed by atoms with Crippen LogP contribution in [0.25, 0.3) is 0 Å². The van der Waals surface area contributed by atoms with Gasteiger partial charge < -0.3 is 4.90 Å². The highest BCUT2D eigenvalue weighted by molar-refractivity contribution is 7.09. The van der Waals surface area contributed by atoms with Gasteiger partial charge in [-0.25, -0.2) is 15.4 Å². The third kappa shape index (κ3) is 3.37. The second-order valence-corrected chi connectivity index (χ2v) is 7.96. The summed E-state index contributed by atoms with van der Waals surface area (Å²) in [4.78, 5) is 26.1. The molecule has 2 aliphatic rings. The number of hydrogen-bond acceptors (Lipinski definition) is 7. The predicted octanol–water partition coefficient (Wildman–Crippen LogP) is 1.76. The van der Waals surface area contributed by atoms with E-state index in [4.69, 9.17) is 5.21 Å². The smallest absolute Gasteiger partial charge is 0.277 e. The second-order valence-electron chi connectivity index (χ2n) is 6.92. The Balaban J connectivity index is 1.39. The number of hydrogen-bond donors (Lipinski definition) is 2. The molecule has 132 valence electrons. The van der Waals surface area contributed by atoms with Crippen LogP contribution in [-0.4, -0.2) is 52.2 Å². The Morgan fingerprint density at radius 3 is 2.80 bits per heavy atom. The summed E-state index contributed by atoms with van der Waals surface area (Å²) in [6, 6.07) is 4.32. The van der Waals surface area contributed by atoms with Crippen molar-refractivity contribution >= 4 is 23.2 Å². The summed E-state index contributed by atoms with van der Waals surface area (Å²) in [5.41, 5.74) is 2.17. The van der Waals surface area contributed by atoms with E-state index in [0.29, 0.717) is 11.4 Å². The van der Waals surface area contributed by atoms with Gasteiger partial charge in [0.2, 0.25) is 5.95 Å². The summed E-state index contributed by atoms with van der Waals surface area (Å²) >= 11 is 1.82. The summed E-state index contributed by atoms with van der Waals surface area (Å²) in [7, 11) is 0. The molecule has 2 aliphatic heterocycles. The molecule has 2 N–H and O–H groups in total. The van der Waals surface area contributed by atoms with Gasteiger partial charge in [-0.1, -0.05) is 6.07 Å². The van der Waals surface area contributed by atoms with Gasteiger partial charge in [0.1, 0.15) is 0 Å². The molecule has 1 atom stereocenters. The summed E-state index contributed by atoms with van der Waals surface area (Å²) in [6.45, 7) is 5.20. The van der Waals surface area contributed by atoms with Crippen LogP contribution in [0.1, 0.15) is 28.1 Å². The fourth-order valence-corrected chi connectivity index (χ4v) is 4.64. The molecule has 2 aromatic rings. The van der Waals surface area contributed by atoms with Gasteiger partial charge in [-0.15, -0.1) is 11.3 Å². The van der Waals surface area contributed by atoms with E-state index in [-0.39, 0.29) is 5.56 Å². The lowest BCUT2D eigenvalue weighted by Gasteiger charge is -2.24. The quantitative estimate of drug-likeness (QED) is 0.639. The largest absolute Gasteiger partial charge is 0.340 e. The summed E-state index contributed by atoms with van der Waals surface area (Å²) in [6.07, 6.45) is 5.27. The molecule has 0 aliphatic carbocycles. The van der Waals surface area contributed by atoms with Crippen molar-refractivity contribution in [2.45, 2.75) is 19.4 Å². The fourth-order valence-electron chi connectivity index (χ4n) is 3.89. The Hall–Kier alpha value is -2.03. The molecule has 4 rings (SSSR count). The van der Waals surface area contributed by atoms with Gasteiger partial charge in [-0.2, -0.15) is 0 Å². The van der Waals surface area contributed by atoms with E-state index in [1.165, 1.54) is 23.7 Å². The molecule has 0 aromatic carbocycles. The van der Waals surface area contributed by atoms with Crippen molar-refractivity contribution in [3.05, 3.63) is 40.3 Å². The van der Waals surface area contributed by atoms with Gasteiger partial charge in [-0.3, -0.25) is 14.9 Å². The minimum Gasteiger partial charge on any atom is -0.340 e. The van der Waals surface area contributed by atoms with Crippen LogP contribution in [0.4, 0.5) is 5.95 Å². The number of nitrogens with one attached hydrogen (secondary N) is 1. The maximum Gasteiger partial charge on any atom is 0.277 e. The number of amides is 1. The normalized spacial score (nSPS) is 23.5. The van der Waals surface area contributed by atoms with E-state index >= 15 is 0 Å². The van der Waals surface area contributed by atoms with E-state index in [9.17, 15) is 4.79 Å². The molecule has 8 heteroatoms. The molecular formula is C17H21N5O2S. The Morgan fingerprint density at radius 1 is 1.28 bits per heavy atom. The molecular weight excluding hydrogens is 338 g/mol. The van der Waals surface area contributed by atoms with E-state index in [2.05, 4.69) is 37.3 Å². The number of hydroxylamine groups is 1. The number of thiophene rings is 1. The highest BCUT2D eigenvalue weighted by Crippen LogP contribution is 2.40. The van der Waals surface area contributed by atoms with Crippen LogP contribution in [0, 0.1) is 5.41 Å². The standard InChI is InChI=1S/C17H21N5O2S/c23-15(20-24)13-8-18-16(19-9-13)22-6-4-17(12-22)3-5-21(11-17)10-14-2-1-7-25-14/h1-2,7-9,24H,3-6,10-12H2,(H,20,23). The first-order chi connectivity index (χ1) is 12.2. The van der Waals surface area contributed by atoms with Gasteiger partial charge in [0, 0.05) is 48.9 Å². The van der Waals surface area contributed by atoms with Crippen molar-refractivity contribution in [2.75, 3.05) is 31.1 Å².